The number of hydrogen-bond acceptors (Lipinski definition) is 4. The standard InChI is InChI=1S/C11H22N2O4S/c1-9-5-6-13(7-10(9)17-3)11(14)8-12(2)18(4,15)16/h9-10H,5-8H2,1-4H3. The molecule has 7 heteroatoms. The Morgan fingerprint density at radius 2 is 2.11 bits per heavy atom. The summed E-state index contributed by atoms with van der Waals surface area (Å²) in [6, 6.07) is 0. The second kappa shape index (κ2) is 5.99. The molecule has 0 radical (unpaired) electrons. The predicted octanol–water partition coefficient (Wildman–Crippen LogP) is -0.239. The number of methoxy groups -OCH3 is 1. The molecule has 0 bridgehead atoms. The lowest BCUT2D eigenvalue weighted by Crippen LogP contribution is -2.49. The monoisotopic (exact) mass is 278 g/mol. The molecule has 0 aromatic carbocycles. The van der Waals surface area contributed by atoms with E-state index in [1.165, 1.54) is 7.05 Å². The third kappa shape index (κ3) is 3.93. The Bertz CT molecular complexity index is 396. The maximum absolute atomic E-state index is 12.0. The van der Waals surface area contributed by atoms with Crippen molar-refractivity contribution in [2.75, 3.05) is 40.0 Å². The van der Waals surface area contributed by atoms with Gasteiger partial charge in [0.25, 0.3) is 0 Å². The number of carbonyl (C=O) groups is 1. The number of sulfonamides is 1. The molecule has 0 aromatic heterocycles. The van der Waals surface area contributed by atoms with E-state index < -0.39 is 10.0 Å². The van der Waals surface area contributed by atoms with E-state index in [1.807, 2.05) is 0 Å². The number of likely N-dealkylation sites (tertiary alicyclic amines) is 1. The van der Waals surface area contributed by atoms with Gasteiger partial charge in [-0.05, 0) is 12.3 Å². The molecule has 1 aliphatic rings. The highest BCUT2D eigenvalue weighted by Gasteiger charge is 2.29. The number of hydrogen-bond donors (Lipinski definition) is 0. The molecule has 6 nitrogen and oxygen atoms in total. The van der Waals surface area contributed by atoms with E-state index >= 15 is 0 Å². The van der Waals surface area contributed by atoms with Gasteiger partial charge in [-0.25, -0.2) is 8.42 Å². The Labute approximate surface area is 109 Å². The van der Waals surface area contributed by atoms with Crippen molar-refractivity contribution in [1.82, 2.24) is 9.21 Å². The third-order valence-electron chi connectivity index (χ3n) is 3.47. The molecule has 1 fully saturated rings. The fraction of sp³-hybridized carbons (Fsp3) is 0.909. The van der Waals surface area contributed by atoms with E-state index in [-0.39, 0.29) is 18.6 Å². The van der Waals surface area contributed by atoms with Gasteiger partial charge >= 0.3 is 0 Å². The van der Waals surface area contributed by atoms with Crippen molar-refractivity contribution in [1.29, 1.82) is 0 Å². The Kier molecular flexibility index (Phi) is 5.12. The topological polar surface area (TPSA) is 66.9 Å². The number of carbonyl (C=O) groups excluding carboxylic acids is 1. The van der Waals surface area contributed by atoms with Gasteiger partial charge in [-0.1, -0.05) is 6.92 Å². The van der Waals surface area contributed by atoms with Crippen LogP contribution in [0.3, 0.4) is 0 Å². The van der Waals surface area contributed by atoms with E-state index in [0.717, 1.165) is 17.0 Å². The number of nitrogens with zero attached hydrogens (tertiary/aromatic N) is 2. The van der Waals surface area contributed by atoms with Gasteiger partial charge in [0.1, 0.15) is 0 Å². The maximum Gasteiger partial charge on any atom is 0.237 e. The Balaban J connectivity index is 2.58. The van der Waals surface area contributed by atoms with E-state index in [0.29, 0.717) is 19.0 Å². The molecule has 0 saturated carbocycles. The maximum atomic E-state index is 12.0. The molecule has 0 N–H and O–H groups in total. The van der Waals surface area contributed by atoms with Crippen LogP contribution < -0.4 is 0 Å². The van der Waals surface area contributed by atoms with Crippen LogP contribution in [0.25, 0.3) is 0 Å². The number of piperidine rings is 1. The van der Waals surface area contributed by atoms with Crippen LogP contribution in [0.5, 0.6) is 0 Å². The molecule has 0 aromatic rings. The van der Waals surface area contributed by atoms with E-state index in [1.54, 1.807) is 12.0 Å². The smallest absolute Gasteiger partial charge is 0.237 e. The second-order valence-electron chi connectivity index (χ2n) is 4.90. The first-order chi connectivity index (χ1) is 8.25. The quantitative estimate of drug-likeness (QED) is 0.712. The average molecular weight is 278 g/mol. The van der Waals surface area contributed by atoms with Gasteiger partial charge in [0.15, 0.2) is 0 Å². The van der Waals surface area contributed by atoms with Crippen LogP contribution in [0.2, 0.25) is 0 Å². The van der Waals surface area contributed by atoms with Crippen molar-refractivity contribution in [3.63, 3.8) is 0 Å². The van der Waals surface area contributed by atoms with Crippen molar-refractivity contribution < 1.29 is 17.9 Å². The van der Waals surface area contributed by atoms with Crippen molar-refractivity contribution in [2.24, 2.45) is 5.92 Å². The van der Waals surface area contributed by atoms with E-state index in [2.05, 4.69) is 6.92 Å². The summed E-state index contributed by atoms with van der Waals surface area (Å²) in [7, 11) is -0.265. The van der Waals surface area contributed by atoms with Crippen LogP contribution >= 0.6 is 0 Å². The van der Waals surface area contributed by atoms with Crippen LogP contribution in [0.1, 0.15) is 13.3 Å². The second-order valence-corrected chi connectivity index (χ2v) is 6.99. The molecule has 2 atom stereocenters. The Hall–Kier alpha value is -0.660. The highest BCUT2D eigenvalue weighted by molar-refractivity contribution is 7.88. The minimum atomic E-state index is -3.31. The molecule has 0 aliphatic carbocycles. The fourth-order valence-electron chi connectivity index (χ4n) is 1.97. The summed E-state index contributed by atoms with van der Waals surface area (Å²) in [5.74, 6) is 0.253. The van der Waals surface area contributed by atoms with Crippen molar-refractivity contribution in [3.8, 4) is 0 Å². The lowest BCUT2D eigenvalue weighted by molar-refractivity contribution is -0.136. The summed E-state index contributed by atoms with van der Waals surface area (Å²) < 4.78 is 28.9. The average Bonchev–Trinajstić information content (AvgIpc) is 2.28. The van der Waals surface area contributed by atoms with Crippen molar-refractivity contribution in [2.45, 2.75) is 19.4 Å². The van der Waals surface area contributed by atoms with E-state index in [9.17, 15) is 13.2 Å². The number of rotatable bonds is 4. The van der Waals surface area contributed by atoms with Gasteiger partial charge in [0.05, 0.1) is 18.9 Å². The number of amides is 1. The largest absolute Gasteiger partial charge is 0.379 e. The summed E-state index contributed by atoms with van der Waals surface area (Å²) in [6.07, 6.45) is 2.01. The van der Waals surface area contributed by atoms with Crippen LogP contribution in [-0.2, 0) is 19.6 Å². The van der Waals surface area contributed by atoms with Crippen LogP contribution in [0.4, 0.5) is 0 Å². The zero-order valence-corrected chi connectivity index (χ0v) is 12.2. The molecule has 1 amide bonds. The van der Waals surface area contributed by atoms with Gasteiger partial charge in [0.2, 0.25) is 15.9 Å². The molecular formula is C11H22N2O4S. The molecule has 2 unspecified atom stereocenters. The Morgan fingerprint density at radius 3 is 2.61 bits per heavy atom. The van der Waals surface area contributed by atoms with Gasteiger partial charge in [-0.15, -0.1) is 0 Å². The molecular weight excluding hydrogens is 256 g/mol. The normalized spacial score (nSPS) is 25.5. The zero-order valence-electron chi connectivity index (χ0n) is 11.4. The minimum Gasteiger partial charge on any atom is -0.379 e. The zero-order chi connectivity index (χ0) is 13.9. The highest BCUT2D eigenvalue weighted by Crippen LogP contribution is 2.19. The minimum absolute atomic E-state index is 0.0336. The summed E-state index contributed by atoms with van der Waals surface area (Å²) in [5, 5.41) is 0. The van der Waals surface area contributed by atoms with Crippen LogP contribution in [0, 0.1) is 5.92 Å². The summed E-state index contributed by atoms with van der Waals surface area (Å²) in [4.78, 5) is 13.7. The first-order valence-corrected chi connectivity index (χ1v) is 7.82. The number of likely N-dealkylation sites (N-methyl/N-ethyl adjacent to an activating group) is 1. The molecule has 1 aliphatic heterocycles. The first kappa shape index (κ1) is 15.4. The van der Waals surface area contributed by atoms with E-state index in [4.69, 9.17) is 4.74 Å². The molecule has 1 saturated heterocycles. The van der Waals surface area contributed by atoms with Gasteiger partial charge in [-0.3, -0.25) is 4.79 Å². The number of ether oxygens (including phenoxy) is 1. The highest BCUT2D eigenvalue weighted by atomic mass is 32.2. The molecule has 18 heavy (non-hydrogen) atoms. The molecule has 0 spiro atoms. The van der Waals surface area contributed by atoms with Gasteiger partial charge in [-0.2, -0.15) is 4.31 Å². The molecule has 106 valence electrons. The van der Waals surface area contributed by atoms with Gasteiger partial charge in [0, 0.05) is 27.2 Å². The fourth-order valence-corrected chi connectivity index (χ4v) is 2.32. The van der Waals surface area contributed by atoms with Crippen molar-refractivity contribution in [3.05, 3.63) is 0 Å². The first-order valence-electron chi connectivity index (χ1n) is 5.97. The van der Waals surface area contributed by atoms with Crippen molar-refractivity contribution >= 4 is 15.9 Å². The third-order valence-corrected chi connectivity index (χ3v) is 4.73. The summed E-state index contributed by atoms with van der Waals surface area (Å²) in [5.41, 5.74) is 0. The summed E-state index contributed by atoms with van der Waals surface area (Å²) >= 11 is 0. The Morgan fingerprint density at radius 1 is 1.50 bits per heavy atom. The predicted molar refractivity (Wildman–Crippen MR) is 68.6 cm³/mol. The van der Waals surface area contributed by atoms with Crippen LogP contribution in [-0.4, -0.2) is 69.7 Å². The lowest BCUT2D eigenvalue weighted by atomic mass is 9.96. The molecule has 1 heterocycles. The SMILES string of the molecule is COC1CN(C(=O)CN(C)S(C)(=O)=O)CCC1C. The van der Waals surface area contributed by atoms with Gasteiger partial charge < -0.3 is 9.64 Å². The lowest BCUT2D eigenvalue weighted by Gasteiger charge is -2.36. The summed E-state index contributed by atoms with van der Waals surface area (Å²) in [6.45, 7) is 3.19. The molecule has 1 rings (SSSR count). The van der Waals surface area contributed by atoms with Crippen LogP contribution in [0.15, 0.2) is 0 Å².